The van der Waals surface area contributed by atoms with Crippen LogP contribution in [0.4, 0.5) is 0 Å². The molecular formula is C24H28N2O2. The third-order valence-electron chi connectivity index (χ3n) is 5.65. The van der Waals surface area contributed by atoms with Gasteiger partial charge >= 0.3 is 5.63 Å². The first kappa shape index (κ1) is 18.9. The fraction of sp³-hybridized carbons (Fsp3) is 0.375. The fourth-order valence-electron chi connectivity index (χ4n) is 4.04. The van der Waals surface area contributed by atoms with E-state index in [1.807, 2.05) is 6.07 Å². The Kier molecular flexibility index (Phi) is 5.60. The van der Waals surface area contributed by atoms with E-state index in [0.717, 1.165) is 56.6 Å². The Morgan fingerprint density at radius 1 is 0.893 bits per heavy atom. The molecule has 28 heavy (non-hydrogen) atoms. The van der Waals surface area contributed by atoms with Crippen LogP contribution in [0.25, 0.3) is 11.0 Å². The first-order valence-corrected chi connectivity index (χ1v) is 10.2. The van der Waals surface area contributed by atoms with Crippen molar-refractivity contribution in [1.82, 2.24) is 9.80 Å². The highest BCUT2D eigenvalue weighted by atomic mass is 16.4. The van der Waals surface area contributed by atoms with Gasteiger partial charge in [0.25, 0.3) is 0 Å². The molecule has 4 nitrogen and oxygen atoms in total. The van der Waals surface area contributed by atoms with Crippen LogP contribution in [-0.4, -0.2) is 36.0 Å². The maximum atomic E-state index is 12.0. The molecule has 1 aliphatic rings. The average molecular weight is 377 g/mol. The molecule has 0 aliphatic carbocycles. The molecule has 0 bridgehead atoms. The van der Waals surface area contributed by atoms with Crippen LogP contribution in [0.15, 0.2) is 57.7 Å². The van der Waals surface area contributed by atoms with E-state index in [1.54, 1.807) is 6.07 Å². The standard InChI is InChI=1S/C24H28N2O2/c1-3-19-7-8-22-21(15-24(27)28-23(22)14-19)17-26-11-9-25(10-12-26)16-20-6-4-5-18(2)13-20/h4-8,13-15H,3,9-12,16-17H2,1-2H3. The fourth-order valence-corrected chi connectivity index (χ4v) is 4.04. The van der Waals surface area contributed by atoms with Gasteiger partial charge in [-0.3, -0.25) is 9.80 Å². The molecule has 1 aromatic heterocycles. The Labute approximate surface area is 166 Å². The van der Waals surface area contributed by atoms with E-state index in [4.69, 9.17) is 4.42 Å². The molecule has 4 heteroatoms. The number of hydrogen-bond acceptors (Lipinski definition) is 4. The lowest BCUT2D eigenvalue weighted by Crippen LogP contribution is -2.45. The zero-order chi connectivity index (χ0) is 19.5. The molecule has 0 saturated carbocycles. The number of benzene rings is 2. The third kappa shape index (κ3) is 4.34. The Morgan fingerprint density at radius 2 is 1.64 bits per heavy atom. The van der Waals surface area contributed by atoms with Crippen LogP contribution in [0.2, 0.25) is 0 Å². The summed E-state index contributed by atoms with van der Waals surface area (Å²) < 4.78 is 5.44. The summed E-state index contributed by atoms with van der Waals surface area (Å²) in [6.45, 7) is 10.2. The molecule has 0 unspecified atom stereocenters. The summed E-state index contributed by atoms with van der Waals surface area (Å²) in [5.74, 6) is 0. The molecule has 0 spiro atoms. The van der Waals surface area contributed by atoms with Crippen molar-refractivity contribution >= 4 is 11.0 Å². The van der Waals surface area contributed by atoms with Crippen molar-refractivity contribution in [2.75, 3.05) is 26.2 Å². The molecule has 1 fully saturated rings. The smallest absolute Gasteiger partial charge is 0.336 e. The quantitative estimate of drug-likeness (QED) is 0.631. The maximum Gasteiger partial charge on any atom is 0.336 e. The van der Waals surface area contributed by atoms with Gasteiger partial charge in [-0.2, -0.15) is 0 Å². The van der Waals surface area contributed by atoms with Gasteiger partial charge in [0.15, 0.2) is 0 Å². The number of piperazine rings is 1. The second kappa shape index (κ2) is 8.29. The van der Waals surface area contributed by atoms with Crippen molar-refractivity contribution < 1.29 is 4.42 Å². The largest absolute Gasteiger partial charge is 0.423 e. The number of nitrogens with zero attached hydrogens (tertiary/aromatic N) is 2. The molecule has 3 aromatic rings. The van der Waals surface area contributed by atoms with Crippen LogP contribution in [0, 0.1) is 6.92 Å². The molecule has 2 aromatic carbocycles. The number of rotatable bonds is 5. The summed E-state index contributed by atoms with van der Waals surface area (Å²) in [5.41, 5.74) is 5.41. The molecule has 1 aliphatic heterocycles. The second-order valence-corrected chi connectivity index (χ2v) is 7.82. The van der Waals surface area contributed by atoms with Crippen molar-refractivity contribution in [3.8, 4) is 0 Å². The van der Waals surface area contributed by atoms with Crippen LogP contribution in [0.1, 0.15) is 29.2 Å². The topological polar surface area (TPSA) is 36.7 Å². The van der Waals surface area contributed by atoms with Gasteiger partial charge in [-0.05, 0) is 36.1 Å². The Balaban J connectivity index is 1.43. The van der Waals surface area contributed by atoms with E-state index in [0.29, 0.717) is 5.58 Å². The SMILES string of the molecule is CCc1ccc2c(CN3CCN(Cc4cccc(C)c4)CC3)cc(=O)oc2c1. The molecule has 146 valence electrons. The molecule has 0 N–H and O–H groups in total. The van der Waals surface area contributed by atoms with Gasteiger partial charge in [0.1, 0.15) is 5.58 Å². The summed E-state index contributed by atoms with van der Waals surface area (Å²) in [6, 6.07) is 16.6. The third-order valence-corrected chi connectivity index (χ3v) is 5.65. The van der Waals surface area contributed by atoms with Crippen LogP contribution >= 0.6 is 0 Å². The highest BCUT2D eigenvalue weighted by molar-refractivity contribution is 5.80. The first-order chi connectivity index (χ1) is 13.6. The monoisotopic (exact) mass is 376 g/mol. The predicted molar refractivity (Wildman–Crippen MR) is 114 cm³/mol. The van der Waals surface area contributed by atoms with Crippen LogP contribution < -0.4 is 5.63 Å². The van der Waals surface area contributed by atoms with Gasteiger partial charge in [0, 0.05) is 50.7 Å². The first-order valence-electron chi connectivity index (χ1n) is 10.2. The van der Waals surface area contributed by atoms with E-state index < -0.39 is 0 Å². The number of aryl methyl sites for hydroxylation is 2. The predicted octanol–water partition coefficient (Wildman–Crippen LogP) is 3.98. The second-order valence-electron chi connectivity index (χ2n) is 7.82. The van der Waals surface area contributed by atoms with E-state index in [2.05, 4.69) is 60.0 Å². The minimum absolute atomic E-state index is 0.256. The lowest BCUT2D eigenvalue weighted by atomic mass is 10.1. The van der Waals surface area contributed by atoms with Crippen LogP contribution in [-0.2, 0) is 19.5 Å². The van der Waals surface area contributed by atoms with Crippen molar-refractivity contribution in [2.24, 2.45) is 0 Å². The molecule has 0 atom stereocenters. The average Bonchev–Trinajstić information content (AvgIpc) is 2.69. The summed E-state index contributed by atoms with van der Waals surface area (Å²) in [7, 11) is 0. The maximum absolute atomic E-state index is 12.0. The zero-order valence-corrected chi connectivity index (χ0v) is 16.8. The van der Waals surface area contributed by atoms with E-state index >= 15 is 0 Å². The van der Waals surface area contributed by atoms with E-state index in [1.165, 1.54) is 16.7 Å². The van der Waals surface area contributed by atoms with Crippen molar-refractivity contribution in [3.63, 3.8) is 0 Å². The van der Waals surface area contributed by atoms with E-state index in [-0.39, 0.29) is 5.63 Å². The summed E-state index contributed by atoms with van der Waals surface area (Å²) in [5, 5.41) is 1.05. The van der Waals surface area contributed by atoms with Crippen molar-refractivity contribution in [2.45, 2.75) is 33.4 Å². The molecule has 4 rings (SSSR count). The highest BCUT2D eigenvalue weighted by Gasteiger charge is 2.18. The lowest BCUT2D eigenvalue weighted by molar-refractivity contribution is 0.122. The lowest BCUT2D eigenvalue weighted by Gasteiger charge is -2.34. The van der Waals surface area contributed by atoms with Crippen LogP contribution in [0.5, 0.6) is 0 Å². The Morgan fingerprint density at radius 3 is 2.36 bits per heavy atom. The van der Waals surface area contributed by atoms with Gasteiger partial charge in [-0.15, -0.1) is 0 Å². The van der Waals surface area contributed by atoms with Gasteiger partial charge in [0.05, 0.1) is 0 Å². The van der Waals surface area contributed by atoms with Crippen molar-refractivity contribution in [1.29, 1.82) is 0 Å². The van der Waals surface area contributed by atoms with E-state index in [9.17, 15) is 4.79 Å². The minimum atomic E-state index is -0.256. The number of hydrogen-bond donors (Lipinski definition) is 0. The molecule has 2 heterocycles. The van der Waals surface area contributed by atoms with Gasteiger partial charge < -0.3 is 4.42 Å². The normalized spacial score (nSPS) is 15.9. The number of fused-ring (bicyclic) bond motifs is 1. The molecule has 0 amide bonds. The summed E-state index contributed by atoms with van der Waals surface area (Å²) >= 11 is 0. The molecule has 0 radical (unpaired) electrons. The Hall–Kier alpha value is -2.43. The highest BCUT2D eigenvalue weighted by Crippen LogP contribution is 2.21. The minimum Gasteiger partial charge on any atom is -0.423 e. The Bertz CT molecular complexity index is 1020. The van der Waals surface area contributed by atoms with Crippen molar-refractivity contribution in [3.05, 3.63) is 81.2 Å². The molecule has 1 saturated heterocycles. The van der Waals surface area contributed by atoms with Gasteiger partial charge in [-0.25, -0.2) is 4.79 Å². The van der Waals surface area contributed by atoms with Crippen LogP contribution in [0.3, 0.4) is 0 Å². The molecular weight excluding hydrogens is 348 g/mol. The van der Waals surface area contributed by atoms with Gasteiger partial charge in [-0.1, -0.05) is 48.9 Å². The van der Waals surface area contributed by atoms with Gasteiger partial charge in [0.2, 0.25) is 0 Å². The summed E-state index contributed by atoms with van der Waals surface area (Å²) in [4.78, 5) is 17.0. The summed E-state index contributed by atoms with van der Waals surface area (Å²) in [6.07, 6.45) is 0.937. The zero-order valence-electron chi connectivity index (χ0n) is 16.8.